The molecule has 2 atom stereocenters. The molecule has 0 spiro atoms. The van der Waals surface area contributed by atoms with Gasteiger partial charge in [-0.2, -0.15) is 0 Å². The molecule has 1 aliphatic rings. The summed E-state index contributed by atoms with van der Waals surface area (Å²) >= 11 is 5.75. The predicted molar refractivity (Wildman–Crippen MR) is 95.3 cm³/mol. The van der Waals surface area contributed by atoms with Crippen LogP contribution in [-0.2, 0) is 21.2 Å². The molecule has 2 aromatic rings. The molecule has 0 saturated carbocycles. The number of rotatable bonds is 6. The second-order valence-electron chi connectivity index (χ2n) is 5.82. The zero-order valence-electron chi connectivity index (χ0n) is 13.8. The first-order chi connectivity index (χ1) is 12.7. The third-order valence-electron chi connectivity index (χ3n) is 3.94. The van der Waals surface area contributed by atoms with Crippen molar-refractivity contribution in [3.8, 4) is 5.75 Å². The van der Waals surface area contributed by atoms with Crippen LogP contribution < -0.4 is 9.46 Å². The van der Waals surface area contributed by atoms with Crippen LogP contribution in [0.1, 0.15) is 17.2 Å². The average Bonchev–Trinajstić information content (AvgIpc) is 3.00. The summed E-state index contributed by atoms with van der Waals surface area (Å²) in [7, 11) is -3.79. The van der Waals surface area contributed by atoms with Crippen molar-refractivity contribution < 1.29 is 32.9 Å². The highest BCUT2D eigenvalue weighted by Gasteiger charge is 2.27. The molecule has 8 nitrogen and oxygen atoms in total. The molecule has 3 rings (SSSR count). The molecular weight excluding hydrogens is 398 g/mol. The zero-order chi connectivity index (χ0) is 19.6. The summed E-state index contributed by atoms with van der Waals surface area (Å²) in [5, 5.41) is 19.4. The molecule has 0 radical (unpaired) electrons. The SMILES string of the molecule is O=C(O)OC1Cc2cc(C(O)CNS(=O)(=O)c3ccc(Cl)cc3)ccc2O1. The van der Waals surface area contributed by atoms with Crippen LogP contribution in [0.15, 0.2) is 47.4 Å². The van der Waals surface area contributed by atoms with Gasteiger partial charge in [0, 0.05) is 17.1 Å². The normalized spacial score (nSPS) is 17.0. The minimum Gasteiger partial charge on any atom is -0.454 e. The van der Waals surface area contributed by atoms with Gasteiger partial charge < -0.3 is 19.7 Å². The van der Waals surface area contributed by atoms with Crippen LogP contribution in [0, 0.1) is 0 Å². The Kier molecular flexibility index (Phi) is 5.56. The van der Waals surface area contributed by atoms with Crippen molar-refractivity contribution >= 4 is 27.8 Å². The number of fused-ring (bicyclic) bond motifs is 1. The van der Waals surface area contributed by atoms with Crippen LogP contribution in [-0.4, -0.2) is 37.6 Å². The summed E-state index contributed by atoms with van der Waals surface area (Å²) < 4.78 is 36.8. The number of sulfonamides is 1. The van der Waals surface area contributed by atoms with E-state index in [1.807, 2.05) is 0 Å². The highest BCUT2D eigenvalue weighted by atomic mass is 35.5. The van der Waals surface area contributed by atoms with E-state index >= 15 is 0 Å². The number of hydrogen-bond acceptors (Lipinski definition) is 6. The van der Waals surface area contributed by atoms with E-state index in [1.54, 1.807) is 18.2 Å². The van der Waals surface area contributed by atoms with Gasteiger partial charge in [0.05, 0.1) is 17.4 Å². The molecular formula is C17H16ClNO7S. The molecule has 2 unspecified atom stereocenters. The first kappa shape index (κ1) is 19.4. The lowest BCUT2D eigenvalue weighted by Crippen LogP contribution is -2.28. The highest BCUT2D eigenvalue weighted by Crippen LogP contribution is 2.31. The minimum absolute atomic E-state index is 0.0371. The molecule has 0 amide bonds. The summed E-state index contributed by atoms with van der Waals surface area (Å²) in [6, 6.07) is 10.4. The molecule has 0 fully saturated rings. The maximum atomic E-state index is 12.3. The van der Waals surface area contributed by atoms with Gasteiger partial charge in [0.2, 0.25) is 10.0 Å². The summed E-state index contributed by atoms with van der Waals surface area (Å²) in [4.78, 5) is 10.6. The van der Waals surface area contributed by atoms with E-state index < -0.39 is 28.6 Å². The molecule has 0 saturated heterocycles. The van der Waals surface area contributed by atoms with Gasteiger partial charge in [0.25, 0.3) is 6.29 Å². The Morgan fingerprint density at radius 1 is 1.30 bits per heavy atom. The summed E-state index contributed by atoms with van der Waals surface area (Å²) in [5.74, 6) is 0.457. The zero-order valence-corrected chi connectivity index (χ0v) is 15.4. The second kappa shape index (κ2) is 7.73. The van der Waals surface area contributed by atoms with Gasteiger partial charge in [-0.25, -0.2) is 17.9 Å². The molecule has 1 aliphatic heterocycles. The number of hydrogen-bond donors (Lipinski definition) is 3. The maximum absolute atomic E-state index is 12.3. The Labute approximate surface area is 160 Å². The number of carboxylic acid groups (broad SMARTS) is 1. The van der Waals surface area contributed by atoms with Crippen molar-refractivity contribution in [2.45, 2.75) is 23.7 Å². The molecule has 3 N–H and O–H groups in total. The fraction of sp³-hybridized carbons (Fsp3) is 0.235. The lowest BCUT2D eigenvalue weighted by atomic mass is 10.0. The highest BCUT2D eigenvalue weighted by molar-refractivity contribution is 7.89. The average molecular weight is 414 g/mol. The van der Waals surface area contributed by atoms with Crippen LogP contribution in [0.5, 0.6) is 5.75 Å². The van der Waals surface area contributed by atoms with Crippen molar-refractivity contribution in [1.29, 1.82) is 0 Å². The van der Waals surface area contributed by atoms with Gasteiger partial charge >= 0.3 is 6.16 Å². The van der Waals surface area contributed by atoms with E-state index in [0.29, 0.717) is 21.9 Å². The largest absolute Gasteiger partial charge is 0.508 e. The third kappa shape index (κ3) is 4.69. The molecule has 27 heavy (non-hydrogen) atoms. The number of aliphatic hydroxyl groups excluding tert-OH is 1. The summed E-state index contributed by atoms with van der Waals surface area (Å²) in [6.07, 6.45) is -3.27. The van der Waals surface area contributed by atoms with Crippen LogP contribution in [0.4, 0.5) is 4.79 Å². The smallest absolute Gasteiger partial charge is 0.454 e. The van der Waals surface area contributed by atoms with Gasteiger partial charge in [-0.05, 0) is 42.0 Å². The van der Waals surface area contributed by atoms with Gasteiger partial charge in [-0.3, -0.25) is 0 Å². The lowest BCUT2D eigenvalue weighted by molar-refractivity contribution is -0.0394. The number of ether oxygens (including phenoxy) is 2. The lowest BCUT2D eigenvalue weighted by Gasteiger charge is -2.13. The topological polar surface area (TPSA) is 122 Å². The van der Waals surface area contributed by atoms with Gasteiger partial charge in [0.15, 0.2) is 0 Å². The van der Waals surface area contributed by atoms with E-state index in [4.69, 9.17) is 21.4 Å². The molecule has 0 aromatic heterocycles. The van der Waals surface area contributed by atoms with Crippen LogP contribution in [0.2, 0.25) is 5.02 Å². The number of halogens is 1. The minimum atomic E-state index is -3.79. The molecule has 1 heterocycles. The van der Waals surface area contributed by atoms with E-state index in [0.717, 1.165) is 0 Å². The Hall–Kier alpha value is -2.33. The molecule has 0 bridgehead atoms. The van der Waals surface area contributed by atoms with Crippen LogP contribution in [0.25, 0.3) is 0 Å². The van der Waals surface area contributed by atoms with E-state index in [9.17, 15) is 18.3 Å². The number of carbonyl (C=O) groups is 1. The van der Waals surface area contributed by atoms with E-state index in [-0.39, 0.29) is 17.9 Å². The summed E-state index contributed by atoms with van der Waals surface area (Å²) in [6.45, 7) is -0.236. The van der Waals surface area contributed by atoms with Crippen molar-refractivity contribution in [3.05, 3.63) is 58.6 Å². The summed E-state index contributed by atoms with van der Waals surface area (Å²) in [5.41, 5.74) is 1.13. The molecule has 2 aromatic carbocycles. The first-order valence-electron chi connectivity index (χ1n) is 7.87. The van der Waals surface area contributed by atoms with Crippen LogP contribution >= 0.6 is 11.6 Å². The standard InChI is InChI=1S/C17H16ClNO7S/c18-12-2-4-13(5-3-12)27(23,24)19-9-14(20)10-1-6-15-11(7-10)8-16(25-15)26-17(21)22/h1-7,14,16,19-20H,8-9H2,(H,21,22). The maximum Gasteiger partial charge on any atom is 0.508 e. The fourth-order valence-electron chi connectivity index (χ4n) is 2.63. The predicted octanol–water partition coefficient (Wildman–Crippen LogP) is 2.31. The first-order valence-corrected chi connectivity index (χ1v) is 9.73. The Morgan fingerprint density at radius 2 is 2.00 bits per heavy atom. The number of nitrogens with one attached hydrogen (secondary N) is 1. The van der Waals surface area contributed by atoms with Gasteiger partial charge in [0.1, 0.15) is 5.75 Å². The van der Waals surface area contributed by atoms with Crippen molar-refractivity contribution in [2.24, 2.45) is 0 Å². The van der Waals surface area contributed by atoms with Gasteiger partial charge in [-0.15, -0.1) is 0 Å². The molecule has 144 valence electrons. The Morgan fingerprint density at radius 3 is 2.67 bits per heavy atom. The van der Waals surface area contributed by atoms with E-state index in [1.165, 1.54) is 24.3 Å². The quantitative estimate of drug-likeness (QED) is 0.621. The Balaban J connectivity index is 1.65. The molecule has 0 aliphatic carbocycles. The molecule has 10 heteroatoms. The number of benzene rings is 2. The monoisotopic (exact) mass is 413 g/mol. The van der Waals surface area contributed by atoms with Crippen molar-refractivity contribution in [2.75, 3.05) is 6.54 Å². The Bertz CT molecular complexity index is 946. The fourth-order valence-corrected chi connectivity index (χ4v) is 3.79. The van der Waals surface area contributed by atoms with Crippen molar-refractivity contribution in [1.82, 2.24) is 4.72 Å². The van der Waals surface area contributed by atoms with Crippen molar-refractivity contribution in [3.63, 3.8) is 0 Å². The van der Waals surface area contributed by atoms with E-state index in [2.05, 4.69) is 9.46 Å². The van der Waals surface area contributed by atoms with Gasteiger partial charge in [-0.1, -0.05) is 17.7 Å². The third-order valence-corrected chi connectivity index (χ3v) is 5.63. The number of aliphatic hydroxyl groups is 1. The second-order valence-corrected chi connectivity index (χ2v) is 8.03. The van der Waals surface area contributed by atoms with Crippen LogP contribution in [0.3, 0.4) is 0 Å².